The van der Waals surface area contributed by atoms with Gasteiger partial charge in [-0.3, -0.25) is 0 Å². The second-order valence-electron chi connectivity index (χ2n) is 5.79. The van der Waals surface area contributed by atoms with Gasteiger partial charge in [0.25, 0.3) is 0 Å². The molecule has 26 heavy (non-hydrogen) atoms. The second-order valence-corrected chi connectivity index (χ2v) is 6.23. The summed E-state index contributed by atoms with van der Waals surface area (Å²) in [6.07, 6.45) is 0. The molecule has 0 atom stereocenters. The molecule has 1 aliphatic rings. The molecule has 1 N–H and O–H groups in total. The summed E-state index contributed by atoms with van der Waals surface area (Å²) in [5.74, 6) is 0.00331. The van der Waals surface area contributed by atoms with Crippen LogP contribution in [0.3, 0.4) is 0 Å². The van der Waals surface area contributed by atoms with E-state index in [4.69, 9.17) is 11.6 Å². The van der Waals surface area contributed by atoms with Gasteiger partial charge >= 0.3 is 12.6 Å². The third-order valence-corrected chi connectivity index (χ3v) is 4.29. The summed E-state index contributed by atoms with van der Waals surface area (Å²) in [6.45, 7) is -0.442. The predicted molar refractivity (Wildman–Crippen MR) is 97.3 cm³/mol. The maximum absolute atomic E-state index is 12.4. The molecule has 8 heteroatoms. The Morgan fingerprint density at radius 2 is 1.81 bits per heavy atom. The van der Waals surface area contributed by atoms with E-state index >= 15 is 0 Å². The van der Waals surface area contributed by atoms with Crippen LogP contribution in [-0.2, 0) is 0 Å². The van der Waals surface area contributed by atoms with Crippen molar-refractivity contribution < 1.29 is 18.3 Å². The Balaban J connectivity index is 1.55. The van der Waals surface area contributed by atoms with Crippen LogP contribution < -0.4 is 15.0 Å². The molecule has 3 rings (SSSR count). The standard InChI is InChI=1S/C18H18ClF2N3O2/c19-13-3-1-5-15(11-13)23-7-9-24(10-8-23)18(25)22-14-4-2-6-16(12-14)26-17(20)21/h1-6,11-12,17H,7-10H2,(H,22,25). The lowest BCUT2D eigenvalue weighted by Crippen LogP contribution is -2.50. The highest BCUT2D eigenvalue weighted by Crippen LogP contribution is 2.22. The van der Waals surface area contributed by atoms with Crippen LogP contribution in [0.4, 0.5) is 25.0 Å². The maximum Gasteiger partial charge on any atom is 0.387 e. The van der Waals surface area contributed by atoms with E-state index in [-0.39, 0.29) is 11.8 Å². The summed E-state index contributed by atoms with van der Waals surface area (Å²) in [6, 6.07) is 13.3. The van der Waals surface area contributed by atoms with Gasteiger partial charge in [0.1, 0.15) is 5.75 Å². The van der Waals surface area contributed by atoms with E-state index in [1.165, 1.54) is 12.1 Å². The fourth-order valence-corrected chi connectivity index (χ4v) is 2.98. The number of alkyl halides is 2. The lowest BCUT2D eigenvalue weighted by Gasteiger charge is -2.36. The van der Waals surface area contributed by atoms with E-state index in [9.17, 15) is 13.6 Å². The summed E-state index contributed by atoms with van der Waals surface area (Å²) >= 11 is 6.02. The summed E-state index contributed by atoms with van der Waals surface area (Å²) < 4.78 is 28.9. The molecular formula is C18H18ClF2N3O2. The Hall–Kier alpha value is -2.54. The van der Waals surface area contributed by atoms with Crippen LogP contribution in [0.15, 0.2) is 48.5 Å². The van der Waals surface area contributed by atoms with Gasteiger partial charge in [0.2, 0.25) is 0 Å². The first-order valence-corrected chi connectivity index (χ1v) is 8.50. The van der Waals surface area contributed by atoms with Crippen LogP contribution in [0.1, 0.15) is 0 Å². The van der Waals surface area contributed by atoms with Crippen molar-refractivity contribution in [1.29, 1.82) is 0 Å². The number of hydrogen-bond donors (Lipinski definition) is 1. The molecule has 5 nitrogen and oxygen atoms in total. The van der Waals surface area contributed by atoms with Crippen LogP contribution in [-0.4, -0.2) is 43.7 Å². The smallest absolute Gasteiger partial charge is 0.387 e. The van der Waals surface area contributed by atoms with Gasteiger partial charge in [-0.25, -0.2) is 4.79 Å². The normalized spacial score (nSPS) is 14.5. The molecule has 2 amide bonds. The van der Waals surface area contributed by atoms with Crippen LogP contribution in [0, 0.1) is 0 Å². The topological polar surface area (TPSA) is 44.8 Å². The largest absolute Gasteiger partial charge is 0.435 e. The van der Waals surface area contributed by atoms with Gasteiger partial charge < -0.3 is 19.9 Å². The third-order valence-electron chi connectivity index (χ3n) is 4.05. The van der Waals surface area contributed by atoms with E-state index in [2.05, 4.69) is 15.0 Å². The first kappa shape index (κ1) is 18.3. The average molecular weight is 382 g/mol. The molecule has 2 aromatic rings. The lowest BCUT2D eigenvalue weighted by molar-refractivity contribution is -0.0497. The van der Waals surface area contributed by atoms with Gasteiger partial charge in [-0.1, -0.05) is 23.7 Å². The number of urea groups is 1. The number of hydrogen-bond acceptors (Lipinski definition) is 3. The zero-order valence-electron chi connectivity index (χ0n) is 13.9. The molecule has 0 radical (unpaired) electrons. The van der Waals surface area contributed by atoms with Crippen molar-refractivity contribution in [2.75, 3.05) is 36.4 Å². The van der Waals surface area contributed by atoms with Crippen molar-refractivity contribution in [2.24, 2.45) is 0 Å². The molecule has 1 aliphatic heterocycles. The monoisotopic (exact) mass is 381 g/mol. The predicted octanol–water partition coefficient (Wildman–Crippen LogP) is 4.30. The van der Waals surface area contributed by atoms with Crippen LogP contribution in [0.2, 0.25) is 5.02 Å². The Labute approximate surface area is 155 Å². The highest BCUT2D eigenvalue weighted by atomic mass is 35.5. The number of carbonyl (C=O) groups is 1. The van der Waals surface area contributed by atoms with Crippen molar-refractivity contribution in [3.8, 4) is 5.75 Å². The quantitative estimate of drug-likeness (QED) is 0.859. The second kappa shape index (κ2) is 8.23. The summed E-state index contributed by atoms with van der Waals surface area (Å²) in [7, 11) is 0. The van der Waals surface area contributed by atoms with Crippen molar-refractivity contribution in [3.05, 3.63) is 53.6 Å². The number of amides is 2. The molecule has 0 bridgehead atoms. The van der Waals surface area contributed by atoms with Gasteiger partial charge in [-0.05, 0) is 30.3 Å². The number of rotatable bonds is 4. The Kier molecular flexibility index (Phi) is 5.78. The number of piperazine rings is 1. The minimum absolute atomic E-state index is 0.00331. The average Bonchev–Trinajstić information content (AvgIpc) is 2.61. The molecule has 1 saturated heterocycles. The Morgan fingerprint density at radius 3 is 2.50 bits per heavy atom. The van der Waals surface area contributed by atoms with E-state index < -0.39 is 6.61 Å². The van der Waals surface area contributed by atoms with Gasteiger partial charge in [0, 0.05) is 48.6 Å². The first-order valence-electron chi connectivity index (χ1n) is 8.12. The van der Waals surface area contributed by atoms with Crippen LogP contribution in [0.5, 0.6) is 5.75 Å². The fourth-order valence-electron chi connectivity index (χ4n) is 2.79. The molecule has 1 fully saturated rings. The van der Waals surface area contributed by atoms with E-state index in [0.717, 1.165) is 5.69 Å². The number of ether oxygens (including phenoxy) is 1. The minimum atomic E-state index is -2.90. The van der Waals surface area contributed by atoms with Crippen molar-refractivity contribution in [2.45, 2.75) is 6.61 Å². The zero-order valence-corrected chi connectivity index (χ0v) is 14.6. The van der Waals surface area contributed by atoms with Gasteiger partial charge in [0.15, 0.2) is 0 Å². The summed E-state index contributed by atoms with van der Waals surface area (Å²) in [5.41, 5.74) is 1.43. The Morgan fingerprint density at radius 1 is 1.08 bits per heavy atom. The van der Waals surface area contributed by atoms with Crippen molar-refractivity contribution in [3.63, 3.8) is 0 Å². The highest BCUT2D eigenvalue weighted by Gasteiger charge is 2.21. The number of benzene rings is 2. The summed E-state index contributed by atoms with van der Waals surface area (Å²) in [5, 5.41) is 3.39. The zero-order chi connectivity index (χ0) is 18.5. The molecule has 1 heterocycles. The molecule has 0 spiro atoms. The first-order chi connectivity index (χ1) is 12.5. The molecule has 0 aliphatic carbocycles. The Bertz CT molecular complexity index is 768. The molecule has 138 valence electrons. The van der Waals surface area contributed by atoms with E-state index in [1.807, 2.05) is 24.3 Å². The molecule has 2 aromatic carbocycles. The van der Waals surface area contributed by atoms with Crippen LogP contribution in [0.25, 0.3) is 0 Å². The van der Waals surface area contributed by atoms with Gasteiger partial charge in [-0.2, -0.15) is 8.78 Å². The van der Waals surface area contributed by atoms with Gasteiger partial charge in [-0.15, -0.1) is 0 Å². The molecular weight excluding hydrogens is 364 g/mol. The maximum atomic E-state index is 12.4. The van der Waals surface area contributed by atoms with E-state index in [0.29, 0.717) is 36.9 Å². The summed E-state index contributed by atoms with van der Waals surface area (Å²) in [4.78, 5) is 16.2. The van der Waals surface area contributed by atoms with Crippen molar-refractivity contribution in [1.82, 2.24) is 4.90 Å². The molecule has 0 aromatic heterocycles. The molecule has 0 unspecified atom stereocenters. The number of carbonyl (C=O) groups excluding carboxylic acids is 1. The van der Waals surface area contributed by atoms with Crippen LogP contribution >= 0.6 is 11.6 Å². The number of anilines is 2. The lowest BCUT2D eigenvalue weighted by atomic mass is 10.2. The number of nitrogens with one attached hydrogen (secondary N) is 1. The van der Waals surface area contributed by atoms with Crippen molar-refractivity contribution >= 4 is 29.0 Å². The fraction of sp³-hybridized carbons (Fsp3) is 0.278. The molecule has 0 saturated carbocycles. The SMILES string of the molecule is O=C(Nc1cccc(OC(F)F)c1)N1CCN(c2cccc(Cl)c2)CC1. The number of nitrogens with zero attached hydrogens (tertiary/aromatic N) is 2. The highest BCUT2D eigenvalue weighted by molar-refractivity contribution is 6.30. The van der Waals surface area contributed by atoms with E-state index in [1.54, 1.807) is 17.0 Å². The van der Waals surface area contributed by atoms with Gasteiger partial charge in [0.05, 0.1) is 0 Å². The third kappa shape index (κ3) is 4.76. The minimum Gasteiger partial charge on any atom is -0.435 e. The number of halogens is 3.